The zero-order valence-electron chi connectivity index (χ0n) is 20.7. The van der Waals surface area contributed by atoms with Gasteiger partial charge in [-0.2, -0.15) is 0 Å². The summed E-state index contributed by atoms with van der Waals surface area (Å²) in [6.45, 7) is 5.72. The number of hydrogen-bond acceptors (Lipinski definition) is 4. The zero-order chi connectivity index (χ0) is 26.3. The third-order valence-corrected chi connectivity index (χ3v) is 9.02. The molecule has 6 heteroatoms. The van der Waals surface area contributed by atoms with Gasteiger partial charge in [-0.05, 0) is 41.5 Å². The number of hydrogen-bond donors (Lipinski definition) is 0. The van der Waals surface area contributed by atoms with Crippen LogP contribution >= 0.6 is 31.9 Å². The van der Waals surface area contributed by atoms with Gasteiger partial charge >= 0.3 is 0 Å². The van der Waals surface area contributed by atoms with Gasteiger partial charge in [-0.25, -0.2) is 0 Å². The molecule has 1 saturated heterocycles. The van der Waals surface area contributed by atoms with E-state index in [1.54, 1.807) is 24.3 Å². The predicted octanol–water partition coefficient (Wildman–Crippen LogP) is 7.26. The highest BCUT2D eigenvalue weighted by atomic mass is 79.9. The van der Waals surface area contributed by atoms with E-state index in [4.69, 9.17) is 0 Å². The number of ketones is 3. The van der Waals surface area contributed by atoms with Gasteiger partial charge < -0.3 is 4.90 Å². The maximum absolute atomic E-state index is 14.5. The molecule has 3 aliphatic rings. The van der Waals surface area contributed by atoms with Crippen molar-refractivity contribution in [2.45, 2.75) is 38.8 Å². The Balaban J connectivity index is 1.70. The molecule has 3 atom stereocenters. The minimum atomic E-state index is -1.45. The summed E-state index contributed by atoms with van der Waals surface area (Å²) < 4.78 is 1.81. The lowest BCUT2D eigenvalue weighted by Gasteiger charge is -2.38. The number of fused-ring (bicyclic) bond motifs is 5. The number of rotatable bonds is 2. The van der Waals surface area contributed by atoms with Crippen LogP contribution in [0.1, 0.15) is 58.5 Å². The second-order valence-corrected chi connectivity index (χ2v) is 12.9. The first-order valence-corrected chi connectivity index (χ1v) is 13.9. The average Bonchev–Trinajstić information content (AvgIpc) is 3.29. The highest BCUT2D eigenvalue weighted by molar-refractivity contribution is 9.10. The molecule has 37 heavy (non-hydrogen) atoms. The van der Waals surface area contributed by atoms with Crippen LogP contribution in [0.15, 0.2) is 81.8 Å². The number of benzene rings is 3. The van der Waals surface area contributed by atoms with Crippen molar-refractivity contribution in [2.75, 3.05) is 4.90 Å². The molecule has 0 amide bonds. The Bertz CT molecular complexity index is 1480. The Labute approximate surface area is 233 Å². The molecule has 1 aliphatic carbocycles. The lowest BCUT2D eigenvalue weighted by molar-refractivity contribution is -0.127. The fourth-order valence-electron chi connectivity index (χ4n) is 6.43. The molecule has 0 radical (unpaired) electrons. The van der Waals surface area contributed by atoms with Crippen molar-refractivity contribution in [3.8, 4) is 0 Å². The smallest absolute Gasteiger partial charge is 0.180 e. The largest absolute Gasteiger partial charge is 0.352 e. The average molecular weight is 619 g/mol. The van der Waals surface area contributed by atoms with Crippen LogP contribution in [0.2, 0.25) is 0 Å². The number of Topliss-reactive ketones (excluding diaryl/α,β-unsaturated/α-hetero) is 3. The normalized spacial score (nSPS) is 23.3. The van der Waals surface area contributed by atoms with Crippen LogP contribution in [0.3, 0.4) is 0 Å². The minimum absolute atomic E-state index is 0.00280. The van der Waals surface area contributed by atoms with Crippen molar-refractivity contribution in [1.29, 1.82) is 0 Å². The van der Waals surface area contributed by atoms with Gasteiger partial charge in [0.1, 0.15) is 5.41 Å². The summed E-state index contributed by atoms with van der Waals surface area (Å²) in [5.41, 5.74) is 1.34. The first-order valence-electron chi connectivity index (χ1n) is 12.3. The molecule has 0 N–H and O–H groups in total. The van der Waals surface area contributed by atoms with Gasteiger partial charge in [-0.1, -0.05) is 101 Å². The van der Waals surface area contributed by atoms with E-state index >= 15 is 0 Å². The fraction of sp³-hybridized carbons (Fsp3) is 0.258. The molecular formula is C31H25Br2NO3. The van der Waals surface area contributed by atoms with Crippen molar-refractivity contribution >= 4 is 61.0 Å². The van der Waals surface area contributed by atoms with Crippen LogP contribution in [-0.4, -0.2) is 29.4 Å². The molecule has 0 bridgehead atoms. The van der Waals surface area contributed by atoms with Gasteiger partial charge in [0.15, 0.2) is 17.3 Å². The van der Waals surface area contributed by atoms with Crippen molar-refractivity contribution in [3.63, 3.8) is 0 Å². The van der Waals surface area contributed by atoms with Crippen molar-refractivity contribution in [3.05, 3.63) is 104 Å². The summed E-state index contributed by atoms with van der Waals surface area (Å²) in [6.07, 6.45) is 3.94. The van der Waals surface area contributed by atoms with Crippen LogP contribution < -0.4 is 4.90 Å². The molecule has 0 aromatic heterocycles. The van der Waals surface area contributed by atoms with Crippen LogP contribution in [0.4, 0.5) is 5.69 Å². The first-order chi connectivity index (χ1) is 17.6. The number of anilines is 1. The van der Waals surface area contributed by atoms with E-state index in [0.29, 0.717) is 11.1 Å². The second-order valence-electron chi connectivity index (χ2n) is 11.1. The molecule has 1 spiro atoms. The van der Waals surface area contributed by atoms with Gasteiger partial charge in [-0.15, -0.1) is 0 Å². The summed E-state index contributed by atoms with van der Waals surface area (Å²) >= 11 is 7.07. The highest BCUT2D eigenvalue weighted by Gasteiger charge is 2.71. The molecule has 1 fully saturated rings. The van der Waals surface area contributed by atoms with Crippen molar-refractivity contribution < 1.29 is 14.4 Å². The lowest BCUT2D eigenvalue weighted by atomic mass is 9.63. The number of carbonyl (C=O) groups excluding carboxylic acids is 3. The number of nitrogens with zero attached hydrogens (tertiary/aromatic N) is 1. The van der Waals surface area contributed by atoms with E-state index in [-0.39, 0.29) is 17.3 Å². The monoisotopic (exact) mass is 617 g/mol. The number of carbonyl (C=O) groups is 3. The topological polar surface area (TPSA) is 54.5 Å². The van der Waals surface area contributed by atoms with Crippen LogP contribution in [0.5, 0.6) is 0 Å². The standard InChI is InChI=1S/C31H25Br2NO3/c1-30(2,3)29(37)26-25(17-8-11-19(32)12-9-17)31(27(35)21-6-4-5-7-22(21)28(31)36)24-15-10-18-16-20(33)13-14-23(18)34(24)26/h4-16,24-26H,1-3H3/t24-,25+,26+/m1/s1. The van der Waals surface area contributed by atoms with Gasteiger partial charge in [0.05, 0.1) is 12.1 Å². The molecule has 0 saturated carbocycles. The Hall–Kier alpha value is -2.83. The van der Waals surface area contributed by atoms with Crippen LogP contribution in [-0.2, 0) is 4.79 Å². The maximum Gasteiger partial charge on any atom is 0.180 e. The molecule has 3 aromatic carbocycles. The van der Waals surface area contributed by atoms with E-state index in [1.807, 2.05) is 75.4 Å². The van der Waals surface area contributed by atoms with Gasteiger partial charge in [-0.3, -0.25) is 14.4 Å². The molecule has 4 nitrogen and oxygen atoms in total. The highest BCUT2D eigenvalue weighted by Crippen LogP contribution is 2.61. The van der Waals surface area contributed by atoms with E-state index in [9.17, 15) is 14.4 Å². The molecular weight excluding hydrogens is 594 g/mol. The van der Waals surface area contributed by atoms with Gasteiger partial charge in [0.2, 0.25) is 0 Å². The summed E-state index contributed by atoms with van der Waals surface area (Å²) in [4.78, 5) is 45.5. The Kier molecular flexibility index (Phi) is 5.52. The third-order valence-electron chi connectivity index (χ3n) is 8.00. The summed E-state index contributed by atoms with van der Waals surface area (Å²) in [5, 5.41) is 0. The summed E-state index contributed by atoms with van der Waals surface area (Å²) in [5.74, 6) is -1.07. The van der Waals surface area contributed by atoms with E-state index < -0.39 is 28.8 Å². The quantitative estimate of drug-likeness (QED) is 0.284. The van der Waals surface area contributed by atoms with Crippen LogP contribution in [0, 0.1) is 10.8 Å². The van der Waals surface area contributed by atoms with E-state index in [2.05, 4.69) is 36.8 Å². The summed E-state index contributed by atoms with van der Waals surface area (Å²) in [6, 6.07) is 19.4. The maximum atomic E-state index is 14.5. The zero-order valence-corrected chi connectivity index (χ0v) is 23.8. The van der Waals surface area contributed by atoms with Crippen LogP contribution in [0.25, 0.3) is 6.08 Å². The Morgan fingerprint density at radius 3 is 2.05 bits per heavy atom. The predicted molar refractivity (Wildman–Crippen MR) is 152 cm³/mol. The summed E-state index contributed by atoms with van der Waals surface area (Å²) in [7, 11) is 0. The minimum Gasteiger partial charge on any atom is -0.352 e. The van der Waals surface area contributed by atoms with Gasteiger partial charge in [0.25, 0.3) is 0 Å². The molecule has 6 rings (SSSR count). The molecule has 2 aliphatic heterocycles. The lowest BCUT2D eigenvalue weighted by Crippen LogP contribution is -2.49. The molecule has 0 unspecified atom stereocenters. The second kappa shape index (κ2) is 8.34. The molecule has 3 aromatic rings. The molecule has 186 valence electrons. The Morgan fingerprint density at radius 2 is 1.46 bits per heavy atom. The third kappa shape index (κ3) is 3.34. The van der Waals surface area contributed by atoms with E-state index in [1.165, 1.54) is 0 Å². The fourth-order valence-corrected chi connectivity index (χ4v) is 7.08. The van der Waals surface area contributed by atoms with Crippen molar-refractivity contribution in [1.82, 2.24) is 0 Å². The Morgan fingerprint density at radius 1 is 0.865 bits per heavy atom. The van der Waals surface area contributed by atoms with Crippen molar-refractivity contribution in [2.24, 2.45) is 10.8 Å². The SMILES string of the molecule is CC(C)(C)C(=O)[C@@H]1[C@H](c2ccc(Br)cc2)C2(C(=O)c3ccccc3C2=O)[C@H]2C=Cc3cc(Br)ccc3N12. The number of halogens is 2. The first kappa shape index (κ1) is 24.5. The van der Waals surface area contributed by atoms with E-state index in [0.717, 1.165) is 25.8 Å². The van der Waals surface area contributed by atoms with Gasteiger partial charge in [0, 0.05) is 37.1 Å². The molecule has 2 heterocycles.